The molecule has 184 valence electrons. The van der Waals surface area contributed by atoms with E-state index in [1.807, 2.05) is 0 Å². The SMILES string of the molecule is CC1(C)c2ccccc2-c2ccc(-c3nc4ccccc4c4nc(-c5cccc6ccccc56)ccc34)cc21. The van der Waals surface area contributed by atoms with Crippen molar-refractivity contribution in [2.45, 2.75) is 19.3 Å². The Morgan fingerprint density at radius 3 is 2.15 bits per heavy atom. The molecule has 0 aliphatic heterocycles. The monoisotopic (exact) mass is 498 g/mol. The van der Waals surface area contributed by atoms with Crippen LogP contribution >= 0.6 is 0 Å². The Labute approximate surface area is 227 Å². The highest BCUT2D eigenvalue weighted by atomic mass is 14.8. The summed E-state index contributed by atoms with van der Waals surface area (Å²) >= 11 is 0. The van der Waals surface area contributed by atoms with E-state index >= 15 is 0 Å². The van der Waals surface area contributed by atoms with Crippen LogP contribution in [0.2, 0.25) is 0 Å². The third-order valence-electron chi connectivity index (χ3n) is 8.46. The second kappa shape index (κ2) is 8.09. The Kier molecular flexibility index (Phi) is 4.60. The van der Waals surface area contributed by atoms with Gasteiger partial charge in [-0.3, -0.25) is 0 Å². The summed E-state index contributed by atoms with van der Waals surface area (Å²) in [7, 11) is 0. The summed E-state index contributed by atoms with van der Waals surface area (Å²) < 4.78 is 0. The summed E-state index contributed by atoms with van der Waals surface area (Å²) in [5.74, 6) is 0. The van der Waals surface area contributed by atoms with Gasteiger partial charge < -0.3 is 0 Å². The molecule has 5 aromatic carbocycles. The highest BCUT2D eigenvalue weighted by Gasteiger charge is 2.35. The summed E-state index contributed by atoms with van der Waals surface area (Å²) in [5, 5.41) is 4.59. The van der Waals surface area contributed by atoms with E-state index in [9.17, 15) is 0 Å². The van der Waals surface area contributed by atoms with Crippen molar-refractivity contribution in [2.75, 3.05) is 0 Å². The molecule has 2 nitrogen and oxygen atoms in total. The maximum atomic E-state index is 5.30. The zero-order valence-corrected chi connectivity index (χ0v) is 21.9. The van der Waals surface area contributed by atoms with Crippen molar-refractivity contribution in [1.82, 2.24) is 9.97 Å². The predicted molar refractivity (Wildman–Crippen MR) is 163 cm³/mol. The molecule has 0 spiro atoms. The minimum absolute atomic E-state index is 0.0611. The van der Waals surface area contributed by atoms with E-state index in [0.717, 1.165) is 44.3 Å². The van der Waals surface area contributed by atoms with Crippen LogP contribution in [0.5, 0.6) is 0 Å². The third kappa shape index (κ3) is 3.21. The highest BCUT2D eigenvalue weighted by molar-refractivity contribution is 6.10. The molecule has 1 aliphatic carbocycles. The van der Waals surface area contributed by atoms with Gasteiger partial charge in [0.1, 0.15) is 0 Å². The average molecular weight is 499 g/mol. The summed E-state index contributed by atoms with van der Waals surface area (Å²) in [4.78, 5) is 10.5. The minimum atomic E-state index is -0.0611. The smallest absolute Gasteiger partial charge is 0.0825 e. The first kappa shape index (κ1) is 22.2. The zero-order valence-electron chi connectivity index (χ0n) is 21.9. The molecular formula is C37H26N2. The summed E-state index contributed by atoms with van der Waals surface area (Å²) in [5.41, 5.74) is 11.5. The Morgan fingerprint density at radius 2 is 1.23 bits per heavy atom. The van der Waals surface area contributed by atoms with Crippen LogP contribution in [0.3, 0.4) is 0 Å². The fourth-order valence-electron chi connectivity index (χ4n) is 6.48. The molecule has 0 N–H and O–H groups in total. The molecule has 0 radical (unpaired) electrons. The van der Waals surface area contributed by atoms with Crippen LogP contribution in [0, 0.1) is 0 Å². The van der Waals surface area contributed by atoms with E-state index in [2.05, 4.69) is 135 Å². The van der Waals surface area contributed by atoms with Crippen molar-refractivity contribution in [3.05, 3.63) is 132 Å². The lowest BCUT2D eigenvalue weighted by molar-refractivity contribution is 0.660. The van der Waals surface area contributed by atoms with Crippen LogP contribution in [0.1, 0.15) is 25.0 Å². The second-order valence-corrected chi connectivity index (χ2v) is 11.0. The first-order valence-corrected chi connectivity index (χ1v) is 13.5. The van der Waals surface area contributed by atoms with Crippen LogP contribution in [-0.4, -0.2) is 9.97 Å². The molecule has 39 heavy (non-hydrogen) atoms. The second-order valence-electron chi connectivity index (χ2n) is 11.0. The molecule has 2 heterocycles. The van der Waals surface area contributed by atoms with Crippen molar-refractivity contribution >= 4 is 32.6 Å². The molecule has 0 fully saturated rings. The van der Waals surface area contributed by atoms with Crippen molar-refractivity contribution in [1.29, 1.82) is 0 Å². The van der Waals surface area contributed by atoms with Gasteiger partial charge in [0.15, 0.2) is 0 Å². The lowest BCUT2D eigenvalue weighted by Gasteiger charge is -2.22. The summed E-state index contributed by atoms with van der Waals surface area (Å²) in [6, 6.07) is 43.3. The van der Waals surface area contributed by atoms with E-state index in [-0.39, 0.29) is 5.41 Å². The van der Waals surface area contributed by atoms with Crippen molar-refractivity contribution in [2.24, 2.45) is 0 Å². The van der Waals surface area contributed by atoms with E-state index in [0.29, 0.717) is 0 Å². The van der Waals surface area contributed by atoms with E-state index in [4.69, 9.17) is 9.97 Å². The van der Waals surface area contributed by atoms with Crippen molar-refractivity contribution < 1.29 is 0 Å². The normalized spacial score (nSPS) is 13.6. The van der Waals surface area contributed by atoms with Crippen molar-refractivity contribution in [3.63, 3.8) is 0 Å². The van der Waals surface area contributed by atoms with Gasteiger partial charge in [0.25, 0.3) is 0 Å². The molecule has 0 atom stereocenters. The fourth-order valence-corrected chi connectivity index (χ4v) is 6.48. The van der Waals surface area contributed by atoms with Crippen LogP contribution in [0.25, 0.3) is 66.2 Å². The van der Waals surface area contributed by atoms with Crippen LogP contribution < -0.4 is 0 Å². The van der Waals surface area contributed by atoms with Crippen molar-refractivity contribution in [3.8, 4) is 33.6 Å². The third-order valence-corrected chi connectivity index (χ3v) is 8.46. The molecule has 0 saturated carbocycles. The van der Waals surface area contributed by atoms with E-state index < -0.39 is 0 Å². The molecule has 0 saturated heterocycles. The fraction of sp³-hybridized carbons (Fsp3) is 0.0811. The maximum absolute atomic E-state index is 5.30. The number of para-hydroxylation sites is 1. The molecule has 0 bridgehead atoms. The highest BCUT2D eigenvalue weighted by Crippen LogP contribution is 2.49. The maximum Gasteiger partial charge on any atom is 0.0825 e. The van der Waals surface area contributed by atoms with Crippen LogP contribution in [0.15, 0.2) is 121 Å². The van der Waals surface area contributed by atoms with Gasteiger partial charge in [-0.1, -0.05) is 111 Å². The summed E-state index contributed by atoms with van der Waals surface area (Å²) in [6.07, 6.45) is 0. The van der Waals surface area contributed by atoms with Gasteiger partial charge >= 0.3 is 0 Å². The van der Waals surface area contributed by atoms with Gasteiger partial charge in [-0.2, -0.15) is 0 Å². The van der Waals surface area contributed by atoms with E-state index in [1.165, 1.54) is 33.0 Å². The standard InChI is InChI=1S/C37H26N2/c1-37(2)31-16-7-5-13-26(31)27-19-18-24(22-32(27)37)35-30-20-21-34(28-15-9-11-23-10-3-4-12-25(23)28)39-36(30)29-14-6-8-17-33(29)38-35/h3-22H,1-2H3. The van der Waals surface area contributed by atoms with Gasteiger partial charge in [-0.25, -0.2) is 9.97 Å². The molecule has 8 rings (SSSR count). The quantitative estimate of drug-likeness (QED) is 0.222. The molecule has 0 unspecified atom stereocenters. The number of pyridine rings is 2. The first-order valence-electron chi connectivity index (χ1n) is 13.5. The molecule has 7 aromatic rings. The van der Waals surface area contributed by atoms with Gasteiger partial charge in [0.05, 0.1) is 22.4 Å². The molecule has 2 aromatic heterocycles. The lowest BCUT2D eigenvalue weighted by Crippen LogP contribution is -2.14. The Bertz CT molecular complexity index is 2100. The topological polar surface area (TPSA) is 25.8 Å². The molecule has 1 aliphatic rings. The summed E-state index contributed by atoms with van der Waals surface area (Å²) in [6.45, 7) is 4.65. The Hall–Kier alpha value is -4.82. The number of rotatable bonds is 2. The van der Waals surface area contributed by atoms with Crippen LogP contribution in [0.4, 0.5) is 0 Å². The zero-order chi connectivity index (χ0) is 26.1. The number of benzene rings is 5. The molecule has 0 amide bonds. The molecule has 2 heteroatoms. The molecular weight excluding hydrogens is 472 g/mol. The largest absolute Gasteiger partial charge is 0.247 e. The number of nitrogens with zero attached hydrogens (tertiary/aromatic N) is 2. The Balaban J connectivity index is 1.38. The number of aromatic nitrogens is 2. The Morgan fingerprint density at radius 1 is 0.513 bits per heavy atom. The number of fused-ring (bicyclic) bond motifs is 7. The first-order chi connectivity index (χ1) is 19.1. The van der Waals surface area contributed by atoms with Gasteiger partial charge in [-0.05, 0) is 57.3 Å². The predicted octanol–water partition coefficient (Wildman–Crippen LogP) is 9.58. The minimum Gasteiger partial charge on any atom is -0.247 e. The number of hydrogen-bond acceptors (Lipinski definition) is 2. The van der Waals surface area contributed by atoms with Gasteiger partial charge in [0.2, 0.25) is 0 Å². The number of hydrogen-bond donors (Lipinski definition) is 0. The average Bonchev–Trinajstić information content (AvgIpc) is 3.22. The lowest BCUT2D eigenvalue weighted by atomic mass is 9.81. The van der Waals surface area contributed by atoms with Gasteiger partial charge in [0, 0.05) is 27.3 Å². The van der Waals surface area contributed by atoms with E-state index in [1.54, 1.807) is 0 Å². The van der Waals surface area contributed by atoms with Gasteiger partial charge in [-0.15, -0.1) is 0 Å². The van der Waals surface area contributed by atoms with Crippen LogP contribution in [-0.2, 0) is 5.41 Å².